The Hall–Kier alpha value is -1.70. The molecule has 170 valence electrons. The number of rotatable bonds is 5. The molecular formula is C24H29ClN4O2S. The predicted molar refractivity (Wildman–Crippen MR) is 127 cm³/mol. The highest BCUT2D eigenvalue weighted by Crippen LogP contribution is 2.48. The molecule has 2 N–H and O–H groups in total. The van der Waals surface area contributed by atoms with E-state index >= 15 is 0 Å². The van der Waals surface area contributed by atoms with Crippen LogP contribution in [0.15, 0.2) is 29.2 Å². The maximum absolute atomic E-state index is 12.9. The fourth-order valence-electron chi connectivity index (χ4n) is 5.95. The fourth-order valence-corrected chi connectivity index (χ4v) is 7.41. The Morgan fingerprint density at radius 3 is 2.53 bits per heavy atom. The van der Waals surface area contributed by atoms with Gasteiger partial charge in [0.05, 0.1) is 28.6 Å². The van der Waals surface area contributed by atoms with Crippen molar-refractivity contribution in [2.75, 3.05) is 22.6 Å². The molecule has 0 radical (unpaired) electrons. The highest BCUT2D eigenvalue weighted by atomic mass is 35.5. The average molecular weight is 473 g/mol. The Morgan fingerprint density at radius 2 is 1.88 bits per heavy atom. The number of nitrogens with zero attached hydrogens (tertiary/aromatic N) is 3. The average Bonchev–Trinajstić information content (AvgIpc) is 2.76. The van der Waals surface area contributed by atoms with Crippen molar-refractivity contribution in [2.24, 2.45) is 0 Å². The molecule has 1 aromatic heterocycles. The number of aliphatic hydroxyl groups excluding tert-OH is 1. The van der Waals surface area contributed by atoms with Gasteiger partial charge >= 0.3 is 0 Å². The maximum atomic E-state index is 12.9. The summed E-state index contributed by atoms with van der Waals surface area (Å²) in [5.74, 6) is 2.67. The zero-order chi connectivity index (χ0) is 21.9. The van der Waals surface area contributed by atoms with Gasteiger partial charge < -0.3 is 15.3 Å². The van der Waals surface area contributed by atoms with Gasteiger partial charge in [-0.15, -0.1) is 0 Å². The van der Waals surface area contributed by atoms with E-state index in [9.17, 15) is 9.32 Å². The number of piperidine rings is 1. The fraction of sp³-hybridized carbons (Fsp3) is 0.583. The smallest absolute Gasteiger partial charge is 0.228 e. The molecule has 8 heteroatoms. The molecule has 4 heterocycles. The molecule has 2 saturated carbocycles. The number of aromatic nitrogens is 2. The third-order valence-electron chi connectivity index (χ3n) is 7.91. The summed E-state index contributed by atoms with van der Waals surface area (Å²) < 4.78 is 12.9. The van der Waals surface area contributed by atoms with Gasteiger partial charge in [0.15, 0.2) is 0 Å². The van der Waals surface area contributed by atoms with Gasteiger partial charge in [0.2, 0.25) is 5.95 Å². The predicted octanol–water partition coefficient (Wildman–Crippen LogP) is 4.04. The van der Waals surface area contributed by atoms with Crippen LogP contribution in [0.3, 0.4) is 0 Å². The SMILES string of the molecule is O=[S@]1CCCc2nc(N3C4CC(c5ccc(Cl)cc5)CC3C4)nc(NC3(CO)CCC3)c21. The van der Waals surface area contributed by atoms with Crippen LogP contribution in [0.4, 0.5) is 11.8 Å². The zero-order valence-electron chi connectivity index (χ0n) is 18.1. The third kappa shape index (κ3) is 3.44. The van der Waals surface area contributed by atoms with Crippen LogP contribution in [0.1, 0.15) is 62.1 Å². The van der Waals surface area contributed by atoms with Crippen molar-refractivity contribution in [1.29, 1.82) is 0 Å². The van der Waals surface area contributed by atoms with E-state index in [0.717, 1.165) is 66.5 Å². The highest BCUT2D eigenvalue weighted by Gasteiger charge is 2.47. The second-order valence-electron chi connectivity index (χ2n) is 9.89. The summed E-state index contributed by atoms with van der Waals surface area (Å²) in [6.07, 6.45) is 8.03. The topological polar surface area (TPSA) is 78.4 Å². The summed E-state index contributed by atoms with van der Waals surface area (Å²) in [6, 6.07) is 9.15. The van der Waals surface area contributed by atoms with E-state index in [-0.39, 0.29) is 12.1 Å². The number of nitrogens with one attached hydrogen (secondary N) is 1. The monoisotopic (exact) mass is 472 g/mol. The van der Waals surface area contributed by atoms with Crippen LogP contribution >= 0.6 is 11.6 Å². The molecule has 7 rings (SSSR count). The molecule has 6 nitrogen and oxygen atoms in total. The van der Waals surface area contributed by atoms with Gasteiger partial charge in [0.25, 0.3) is 0 Å². The van der Waals surface area contributed by atoms with Gasteiger partial charge in [-0.05, 0) is 75.0 Å². The van der Waals surface area contributed by atoms with Crippen LogP contribution in [0.2, 0.25) is 5.02 Å². The minimum absolute atomic E-state index is 0.0749. The summed E-state index contributed by atoms with van der Waals surface area (Å²) >= 11 is 6.08. The molecular weight excluding hydrogens is 444 g/mol. The Bertz CT molecular complexity index is 1040. The number of benzene rings is 1. The Labute approximate surface area is 196 Å². The molecule has 1 aromatic carbocycles. The first-order chi connectivity index (χ1) is 15.5. The van der Waals surface area contributed by atoms with E-state index in [2.05, 4.69) is 22.3 Å². The van der Waals surface area contributed by atoms with Crippen molar-refractivity contribution in [3.05, 3.63) is 40.5 Å². The van der Waals surface area contributed by atoms with Crippen LogP contribution in [0.5, 0.6) is 0 Å². The van der Waals surface area contributed by atoms with E-state index < -0.39 is 10.8 Å². The lowest BCUT2D eigenvalue weighted by molar-refractivity contribution is 0.143. The first kappa shape index (κ1) is 20.9. The molecule has 3 atom stereocenters. The normalized spacial score (nSPS) is 30.1. The summed E-state index contributed by atoms with van der Waals surface area (Å²) in [5, 5.41) is 14.3. The lowest BCUT2D eigenvalue weighted by Gasteiger charge is -2.55. The highest BCUT2D eigenvalue weighted by molar-refractivity contribution is 7.85. The first-order valence-corrected chi connectivity index (χ1v) is 13.5. The molecule has 0 spiro atoms. The molecule has 2 aromatic rings. The van der Waals surface area contributed by atoms with Crippen LogP contribution in [-0.2, 0) is 17.2 Å². The van der Waals surface area contributed by atoms with Crippen molar-refractivity contribution in [3.8, 4) is 0 Å². The number of halogens is 1. The zero-order valence-corrected chi connectivity index (χ0v) is 19.7. The lowest BCUT2D eigenvalue weighted by Crippen LogP contribution is -2.61. The summed E-state index contributed by atoms with van der Waals surface area (Å²) in [6.45, 7) is 0.0749. The standard InChI is InChI=1S/C24H29ClN4O2S/c25-17-6-4-15(5-7-17)16-11-18-13-19(12-16)29(18)23-26-20-3-1-10-32(31)21(20)22(27-23)28-24(14-30)8-2-9-24/h4-7,16,18-19,30H,1-3,8-14H2,(H,26,27,28)/t16?,18?,19?,32-/m0/s1. The number of aryl methyl sites for hydroxylation is 1. The number of fused-ring (bicyclic) bond motifs is 3. The molecule has 2 bridgehead atoms. The number of hydrogen-bond donors (Lipinski definition) is 2. The van der Waals surface area contributed by atoms with Crippen molar-refractivity contribution >= 4 is 34.2 Å². The van der Waals surface area contributed by atoms with E-state index in [4.69, 9.17) is 21.6 Å². The van der Waals surface area contributed by atoms with E-state index in [0.29, 0.717) is 29.6 Å². The molecule has 2 unspecified atom stereocenters. The molecule has 2 saturated heterocycles. The van der Waals surface area contributed by atoms with E-state index in [1.807, 2.05) is 12.1 Å². The molecule has 0 amide bonds. The van der Waals surface area contributed by atoms with Crippen molar-refractivity contribution in [2.45, 2.75) is 79.8 Å². The Balaban J connectivity index is 1.29. The van der Waals surface area contributed by atoms with Crippen molar-refractivity contribution in [3.63, 3.8) is 0 Å². The number of anilines is 2. The van der Waals surface area contributed by atoms with Crippen LogP contribution < -0.4 is 10.2 Å². The maximum Gasteiger partial charge on any atom is 0.228 e. The molecule has 32 heavy (non-hydrogen) atoms. The van der Waals surface area contributed by atoms with Crippen LogP contribution in [0.25, 0.3) is 0 Å². The molecule has 4 fully saturated rings. The third-order valence-corrected chi connectivity index (χ3v) is 9.70. The quantitative estimate of drug-likeness (QED) is 0.683. The lowest BCUT2D eigenvalue weighted by atomic mass is 9.71. The van der Waals surface area contributed by atoms with Gasteiger partial charge in [-0.25, -0.2) is 4.98 Å². The summed E-state index contributed by atoms with van der Waals surface area (Å²) in [5.41, 5.74) is 1.96. The molecule has 2 aliphatic carbocycles. The van der Waals surface area contributed by atoms with E-state index in [1.54, 1.807) is 0 Å². The minimum Gasteiger partial charge on any atom is -0.394 e. The van der Waals surface area contributed by atoms with Gasteiger partial charge in [0, 0.05) is 22.9 Å². The minimum atomic E-state index is -1.08. The molecule has 5 aliphatic rings. The second kappa shape index (κ2) is 7.96. The van der Waals surface area contributed by atoms with Crippen LogP contribution in [0, 0.1) is 0 Å². The Morgan fingerprint density at radius 1 is 1.12 bits per heavy atom. The van der Waals surface area contributed by atoms with Gasteiger partial charge in [-0.1, -0.05) is 23.7 Å². The largest absolute Gasteiger partial charge is 0.394 e. The summed E-state index contributed by atoms with van der Waals surface area (Å²) in [7, 11) is -1.08. The Kier molecular flexibility index (Phi) is 5.19. The van der Waals surface area contributed by atoms with Crippen molar-refractivity contribution < 1.29 is 9.32 Å². The summed E-state index contributed by atoms with van der Waals surface area (Å²) in [4.78, 5) is 13.0. The van der Waals surface area contributed by atoms with Gasteiger partial charge in [0.1, 0.15) is 10.7 Å². The van der Waals surface area contributed by atoms with Crippen molar-refractivity contribution in [1.82, 2.24) is 9.97 Å². The molecule has 3 aliphatic heterocycles. The number of aliphatic hydroxyl groups is 1. The van der Waals surface area contributed by atoms with Gasteiger partial charge in [-0.2, -0.15) is 4.98 Å². The first-order valence-electron chi connectivity index (χ1n) is 11.8. The van der Waals surface area contributed by atoms with Crippen LogP contribution in [-0.4, -0.2) is 49.3 Å². The second-order valence-corrected chi connectivity index (χ2v) is 11.8. The number of hydrogen-bond acceptors (Lipinski definition) is 6. The van der Waals surface area contributed by atoms with Gasteiger partial charge in [-0.3, -0.25) is 4.21 Å². The van der Waals surface area contributed by atoms with E-state index in [1.165, 1.54) is 12.0 Å².